The summed E-state index contributed by atoms with van der Waals surface area (Å²) in [5, 5.41) is 3.54. The molecule has 3 heteroatoms. The summed E-state index contributed by atoms with van der Waals surface area (Å²) in [5.74, 6) is 0. The van der Waals surface area contributed by atoms with E-state index in [0.29, 0.717) is 0 Å². The monoisotopic (exact) mass is 227 g/mol. The van der Waals surface area contributed by atoms with Gasteiger partial charge in [0, 0.05) is 30.7 Å². The van der Waals surface area contributed by atoms with Gasteiger partial charge in [0.1, 0.15) is 0 Å². The summed E-state index contributed by atoms with van der Waals surface area (Å²) in [6.07, 6.45) is 6.64. The van der Waals surface area contributed by atoms with Crippen molar-refractivity contribution in [1.29, 1.82) is 0 Å². The molecular weight excluding hydrogens is 210 g/mol. The molecule has 2 aromatic heterocycles. The second-order valence-electron chi connectivity index (χ2n) is 4.60. The third-order valence-corrected chi connectivity index (χ3v) is 3.13. The van der Waals surface area contributed by atoms with Gasteiger partial charge in [-0.3, -0.25) is 4.98 Å². The van der Waals surface area contributed by atoms with Crippen molar-refractivity contribution in [3.63, 3.8) is 0 Å². The number of aromatic nitrogens is 2. The lowest BCUT2D eigenvalue weighted by molar-refractivity contribution is 0.631. The van der Waals surface area contributed by atoms with E-state index >= 15 is 0 Å². The summed E-state index contributed by atoms with van der Waals surface area (Å²) in [6, 6.07) is 11.1. The van der Waals surface area contributed by atoms with Crippen LogP contribution in [0.2, 0.25) is 0 Å². The van der Waals surface area contributed by atoms with Gasteiger partial charge in [0.2, 0.25) is 0 Å². The fourth-order valence-corrected chi connectivity index (χ4v) is 1.97. The van der Waals surface area contributed by atoms with Gasteiger partial charge >= 0.3 is 0 Å². The molecule has 1 fully saturated rings. The first kappa shape index (κ1) is 10.5. The molecule has 2 heterocycles. The Morgan fingerprint density at radius 1 is 1.24 bits per heavy atom. The summed E-state index contributed by atoms with van der Waals surface area (Å²) in [4.78, 5) is 4.36. The number of nitrogens with zero attached hydrogens (tertiary/aromatic N) is 2. The fraction of sp³-hybridized carbons (Fsp3) is 0.357. The van der Waals surface area contributed by atoms with Gasteiger partial charge in [0.15, 0.2) is 0 Å². The van der Waals surface area contributed by atoms with Crippen molar-refractivity contribution in [2.45, 2.75) is 32.0 Å². The normalized spacial score (nSPS) is 15.1. The molecule has 0 aliphatic heterocycles. The number of pyridine rings is 1. The second-order valence-corrected chi connectivity index (χ2v) is 4.60. The molecule has 0 bridgehead atoms. The third-order valence-electron chi connectivity index (χ3n) is 3.13. The van der Waals surface area contributed by atoms with Crippen LogP contribution in [0.25, 0.3) is 0 Å². The topological polar surface area (TPSA) is 29.9 Å². The maximum atomic E-state index is 4.36. The van der Waals surface area contributed by atoms with E-state index in [-0.39, 0.29) is 0 Å². The van der Waals surface area contributed by atoms with Crippen LogP contribution in [0, 0.1) is 0 Å². The van der Waals surface area contributed by atoms with Gasteiger partial charge in [-0.25, -0.2) is 0 Å². The summed E-state index contributed by atoms with van der Waals surface area (Å²) in [7, 11) is 0. The Hall–Kier alpha value is -1.61. The first-order valence-corrected chi connectivity index (χ1v) is 6.19. The molecule has 17 heavy (non-hydrogen) atoms. The van der Waals surface area contributed by atoms with Crippen molar-refractivity contribution < 1.29 is 0 Å². The largest absolute Gasteiger partial charge is 0.344 e. The molecule has 0 saturated heterocycles. The molecule has 0 amide bonds. The quantitative estimate of drug-likeness (QED) is 0.848. The highest BCUT2D eigenvalue weighted by atomic mass is 15.0. The van der Waals surface area contributed by atoms with Crippen LogP contribution in [0.5, 0.6) is 0 Å². The molecule has 0 radical (unpaired) electrons. The van der Waals surface area contributed by atoms with E-state index in [1.807, 2.05) is 18.3 Å². The fourth-order valence-electron chi connectivity index (χ4n) is 1.97. The molecule has 88 valence electrons. The summed E-state index contributed by atoms with van der Waals surface area (Å²) in [5.41, 5.74) is 2.44. The van der Waals surface area contributed by atoms with E-state index in [1.54, 1.807) is 0 Å². The predicted molar refractivity (Wildman–Crippen MR) is 67.6 cm³/mol. The highest BCUT2D eigenvalue weighted by molar-refractivity contribution is 5.12. The van der Waals surface area contributed by atoms with Crippen LogP contribution >= 0.6 is 0 Å². The van der Waals surface area contributed by atoms with E-state index in [1.165, 1.54) is 18.5 Å². The lowest BCUT2D eigenvalue weighted by Crippen LogP contribution is -2.18. The average Bonchev–Trinajstić information content (AvgIpc) is 3.09. The van der Waals surface area contributed by atoms with Gasteiger partial charge in [-0.15, -0.1) is 0 Å². The van der Waals surface area contributed by atoms with E-state index in [9.17, 15) is 0 Å². The van der Waals surface area contributed by atoms with Crippen molar-refractivity contribution in [3.8, 4) is 0 Å². The Morgan fingerprint density at radius 2 is 2.18 bits per heavy atom. The van der Waals surface area contributed by atoms with E-state index in [0.717, 1.165) is 24.8 Å². The first-order valence-electron chi connectivity index (χ1n) is 6.19. The SMILES string of the molecule is c1ccc(Cn2cccc2CNC2CC2)nc1. The van der Waals surface area contributed by atoms with Crippen LogP contribution in [-0.4, -0.2) is 15.6 Å². The number of nitrogens with one attached hydrogen (secondary N) is 1. The highest BCUT2D eigenvalue weighted by Crippen LogP contribution is 2.19. The number of rotatable bonds is 5. The molecule has 0 atom stereocenters. The zero-order valence-corrected chi connectivity index (χ0v) is 9.84. The molecule has 0 aromatic carbocycles. The maximum absolute atomic E-state index is 4.36. The van der Waals surface area contributed by atoms with Gasteiger partial charge < -0.3 is 9.88 Å². The van der Waals surface area contributed by atoms with E-state index in [4.69, 9.17) is 0 Å². The third kappa shape index (κ3) is 2.74. The lowest BCUT2D eigenvalue weighted by Gasteiger charge is -2.09. The van der Waals surface area contributed by atoms with Crippen LogP contribution in [0.1, 0.15) is 24.2 Å². The van der Waals surface area contributed by atoms with Crippen LogP contribution in [-0.2, 0) is 13.1 Å². The molecule has 2 aromatic rings. The zero-order valence-electron chi connectivity index (χ0n) is 9.84. The Morgan fingerprint density at radius 3 is 2.94 bits per heavy atom. The molecular formula is C14H17N3. The molecule has 1 saturated carbocycles. The summed E-state index contributed by atoms with van der Waals surface area (Å²) in [6.45, 7) is 1.82. The van der Waals surface area contributed by atoms with Crippen LogP contribution in [0.15, 0.2) is 42.7 Å². The van der Waals surface area contributed by atoms with Crippen molar-refractivity contribution in [1.82, 2.24) is 14.9 Å². The lowest BCUT2D eigenvalue weighted by atomic mass is 10.3. The number of hydrogen-bond donors (Lipinski definition) is 1. The average molecular weight is 227 g/mol. The van der Waals surface area contributed by atoms with Gasteiger partial charge in [0.25, 0.3) is 0 Å². The van der Waals surface area contributed by atoms with Gasteiger partial charge in [-0.05, 0) is 37.1 Å². The molecule has 1 N–H and O–H groups in total. The predicted octanol–water partition coefficient (Wildman–Crippen LogP) is 2.18. The standard InChI is InChI=1S/C14H17N3/c1-2-8-15-13(4-1)11-17-9-3-5-14(17)10-16-12-6-7-12/h1-5,8-9,12,16H,6-7,10-11H2. The van der Waals surface area contributed by atoms with Crippen molar-refractivity contribution in [2.75, 3.05) is 0 Å². The molecule has 1 aliphatic carbocycles. The first-order chi connectivity index (χ1) is 8.42. The minimum absolute atomic E-state index is 0.758. The highest BCUT2D eigenvalue weighted by Gasteiger charge is 2.20. The van der Waals surface area contributed by atoms with Crippen LogP contribution < -0.4 is 5.32 Å². The minimum Gasteiger partial charge on any atom is -0.344 e. The Bertz CT molecular complexity index is 471. The molecule has 3 nitrogen and oxygen atoms in total. The molecule has 0 unspecified atom stereocenters. The second kappa shape index (κ2) is 4.72. The van der Waals surface area contributed by atoms with Crippen molar-refractivity contribution >= 4 is 0 Å². The maximum Gasteiger partial charge on any atom is 0.0645 e. The number of hydrogen-bond acceptors (Lipinski definition) is 2. The Balaban J connectivity index is 1.67. The van der Waals surface area contributed by atoms with E-state index in [2.05, 4.69) is 39.3 Å². The Labute approximate surface area is 101 Å². The van der Waals surface area contributed by atoms with Crippen LogP contribution in [0.3, 0.4) is 0 Å². The summed E-state index contributed by atoms with van der Waals surface area (Å²) >= 11 is 0. The van der Waals surface area contributed by atoms with Gasteiger partial charge in [-0.2, -0.15) is 0 Å². The van der Waals surface area contributed by atoms with Gasteiger partial charge in [-0.1, -0.05) is 6.07 Å². The zero-order chi connectivity index (χ0) is 11.5. The van der Waals surface area contributed by atoms with Crippen LogP contribution in [0.4, 0.5) is 0 Å². The minimum atomic E-state index is 0.758. The van der Waals surface area contributed by atoms with E-state index < -0.39 is 0 Å². The smallest absolute Gasteiger partial charge is 0.0645 e. The van der Waals surface area contributed by atoms with Crippen molar-refractivity contribution in [3.05, 3.63) is 54.1 Å². The Kier molecular flexibility index (Phi) is 2.92. The molecule has 3 rings (SSSR count). The van der Waals surface area contributed by atoms with Gasteiger partial charge in [0.05, 0.1) is 12.2 Å². The molecule has 1 aliphatic rings. The molecule has 0 spiro atoms. The van der Waals surface area contributed by atoms with Crippen molar-refractivity contribution in [2.24, 2.45) is 0 Å². The summed E-state index contributed by atoms with van der Waals surface area (Å²) < 4.78 is 2.26.